The van der Waals surface area contributed by atoms with Crippen molar-refractivity contribution < 1.29 is 13.2 Å². The first-order chi connectivity index (χ1) is 11.7. The zero-order chi connectivity index (χ0) is 18.6. The molecular weight excluding hydrogens is 333 g/mol. The smallest absolute Gasteiger partial charge is 0.352 e. The Kier molecular flexibility index (Phi) is 6.31. The maximum atomic E-state index is 13.0. The highest BCUT2D eigenvalue weighted by Crippen LogP contribution is 2.30. The second kappa shape index (κ2) is 8.07. The average Bonchev–Trinajstić information content (AvgIpc) is 2.90. The van der Waals surface area contributed by atoms with E-state index in [-0.39, 0.29) is 12.1 Å². The van der Waals surface area contributed by atoms with E-state index >= 15 is 0 Å². The number of aliphatic imine (C=N–C) groups is 1. The Balaban J connectivity index is 1.94. The molecule has 0 amide bonds. The minimum absolute atomic E-state index is 0.0432. The number of guanidine groups is 1. The summed E-state index contributed by atoms with van der Waals surface area (Å²) in [6, 6.07) is 0. The number of hydrogen-bond acceptors (Lipinski definition) is 3. The van der Waals surface area contributed by atoms with E-state index in [9.17, 15) is 13.2 Å². The van der Waals surface area contributed by atoms with E-state index in [2.05, 4.69) is 39.1 Å². The molecule has 0 spiro atoms. The summed E-state index contributed by atoms with van der Waals surface area (Å²) in [5.74, 6) is 1.25. The Hall–Kier alpha value is -1.77. The van der Waals surface area contributed by atoms with E-state index in [1.54, 1.807) is 7.05 Å². The van der Waals surface area contributed by atoms with Crippen molar-refractivity contribution in [3.63, 3.8) is 0 Å². The lowest BCUT2D eigenvalue weighted by Crippen LogP contribution is -2.52. The van der Waals surface area contributed by atoms with Gasteiger partial charge in [0.15, 0.2) is 11.7 Å². The first-order valence-electron chi connectivity index (χ1n) is 8.48. The van der Waals surface area contributed by atoms with Crippen LogP contribution < -0.4 is 5.32 Å². The summed E-state index contributed by atoms with van der Waals surface area (Å²) >= 11 is 0. The van der Waals surface area contributed by atoms with Crippen LogP contribution in [0.3, 0.4) is 0 Å². The van der Waals surface area contributed by atoms with Crippen LogP contribution in [0, 0.1) is 5.92 Å². The highest BCUT2D eigenvalue weighted by atomic mass is 19.4. The zero-order valence-electron chi connectivity index (χ0n) is 15.3. The van der Waals surface area contributed by atoms with E-state index in [1.807, 2.05) is 0 Å². The quantitative estimate of drug-likeness (QED) is 0.657. The molecule has 2 rings (SSSR count). The van der Waals surface area contributed by atoms with Crippen molar-refractivity contribution in [2.24, 2.45) is 18.0 Å². The van der Waals surface area contributed by atoms with Gasteiger partial charge >= 0.3 is 6.18 Å². The lowest BCUT2D eigenvalue weighted by molar-refractivity contribution is -0.142. The molecule has 2 heterocycles. The van der Waals surface area contributed by atoms with Crippen molar-refractivity contribution in [3.05, 3.63) is 17.5 Å². The Morgan fingerprint density at radius 1 is 1.28 bits per heavy atom. The van der Waals surface area contributed by atoms with Crippen LogP contribution in [0.2, 0.25) is 0 Å². The lowest BCUT2D eigenvalue weighted by Gasteiger charge is -2.37. The molecule has 1 aliphatic heterocycles. The highest BCUT2D eigenvalue weighted by molar-refractivity contribution is 5.80. The molecule has 1 aromatic heterocycles. The van der Waals surface area contributed by atoms with Crippen molar-refractivity contribution in [2.75, 3.05) is 39.8 Å². The second-order valence-corrected chi connectivity index (χ2v) is 6.76. The molecule has 0 unspecified atom stereocenters. The molecule has 0 aromatic carbocycles. The SMILES string of the molecule is CN=C(NCc1cn(C)nc1C(F)(F)F)N1CCN(CC(C)C)CC1. The maximum Gasteiger partial charge on any atom is 0.435 e. The van der Waals surface area contributed by atoms with Gasteiger partial charge in [-0.2, -0.15) is 18.3 Å². The molecule has 6 nitrogen and oxygen atoms in total. The normalized spacial score (nSPS) is 17.4. The monoisotopic (exact) mass is 360 g/mol. The van der Waals surface area contributed by atoms with Crippen LogP contribution in [-0.4, -0.2) is 65.3 Å². The van der Waals surface area contributed by atoms with E-state index in [0.717, 1.165) is 32.7 Å². The number of aromatic nitrogens is 2. The van der Waals surface area contributed by atoms with Gasteiger partial charge in [-0.05, 0) is 5.92 Å². The summed E-state index contributed by atoms with van der Waals surface area (Å²) in [6.07, 6.45) is -3.06. The molecule has 0 aliphatic carbocycles. The van der Waals surface area contributed by atoms with Gasteiger partial charge in [0.2, 0.25) is 0 Å². The molecule has 0 atom stereocenters. The zero-order valence-corrected chi connectivity index (χ0v) is 15.3. The summed E-state index contributed by atoms with van der Waals surface area (Å²) in [5, 5.41) is 6.57. The molecule has 0 bridgehead atoms. The lowest BCUT2D eigenvalue weighted by atomic mass is 10.2. The largest absolute Gasteiger partial charge is 0.435 e. The van der Waals surface area contributed by atoms with Crippen LogP contribution in [0.4, 0.5) is 13.2 Å². The number of rotatable bonds is 4. The van der Waals surface area contributed by atoms with E-state index in [4.69, 9.17) is 0 Å². The van der Waals surface area contributed by atoms with Crippen LogP contribution in [0.25, 0.3) is 0 Å². The summed E-state index contributed by atoms with van der Waals surface area (Å²) in [4.78, 5) is 8.70. The topological polar surface area (TPSA) is 48.7 Å². The molecule has 1 aliphatic rings. The molecule has 1 aromatic rings. The first kappa shape index (κ1) is 19.6. The Morgan fingerprint density at radius 2 is 1.92 bits per heavy atom. The van der Waals surface area contributed by atoms with Crippen LogP contribution in [0.1, 0.15) is 25.1 Å². The predicted molar refractivity (Wildman–Crippen MR) is 91.3 cm³/mol. The number of alkyl halides is 3. The van der Waals surface area contributed by atoms with Crippen molar-refractivity contribution in [2.45, 2.75) is 26.6 Å². The van der Waals surface area contributed by atoms with E-state index in [1.165, 1.54) is 17.9 Å². The minimum atomic E-state index is -4.45. The van der Waals surface area contributed by atoms with Crippen molar-refractivity contribution in [3.8, 4) is 0 Å². The highest BCUT2D eigenvalue weighted by Gasteiger charge is 2.36. The molecule has 25 heavy (non-hydrogen) atoms. The van der Waals surface area contributed by atoms with Crippen molar-refractivity contribution >= 4 is 5.96 Å². The molecule has 1 N–H and O–H groups in total. The number of halogens is 3. The summed E-state index contributed by atoms with van der Waals surface area (Å²) in [7, 11) is 3.14. The number of aryl methyl sites for hydroxylation is 1. The third-order valence-electron chi connectivity index (χ3n) is 4.12. The number of piperazine rings is 1. The summed E-state index contributed by atoms with van der Waals surface area (Å²) < 4.78 is 40.2. The van der Waals surface area contributed by atoms with Crippen LogP contribution in [-0.2, 0) is 19.8 Å². The van der Waals surface area contributed by atoms with Gasteiger partial charge in [0.25, 0.3) is 0 Å². The fourth-order valence-corrected chi connectivity index (χ4v) is 3.07. The van der Waals surface area contributed by atoms with Crippen molar-refractivity contribution in [1.82, 2.24) is 24.9 Å². The molecule has 1 saturated heterocycles. The van der Waals surface area contributed by atoms with Gasteiger partial charge in [0.1, 0.15) is 0 Å². The Bertz CT molecular complexity index is 585. The predicted octanol–water partition coefficient (Wildman–Crippen LogP) is 1.79. The van der Waals surface area contributed by atoms with Crippen molar-refractivity contribution in [1.29, 1.82) is 0 Å². The van der Waals surface area contributed by atoms with Gasteiger partial charge in [-0.3, -0.25) is 14.6 Å². The number of nitrogens with one attached hydrogen (secondary N) is 1. The fourth-order valence-electron chi connectivity index (χ4n) is 3.07. The van der Waals surface area contributed by atoms with E-state index < -0.39 is 11.9 Å². The van der Waals surface area contributed by atoms with Gasteiger partial charge in [-0.25, -0.2) is 0 Å². The molecule has 0 radical (unpaired) electrons. The summed E-state index contributed by atoms with van der Waals surface area (Å²) in [6.45, 7) is 8.97. The Labute approximate surface area is 146 Å². The summed E-state index contributed by atoms with van der Waals surface area (Å²) in [5.41, 5.74) is -0.728. The van der Waals surface area contributed by atoms with Crippen LogP contribution in [0.15, 0.2) is 11.2 Å². The number of hydrogen-bond donors (Lipinski definition) is 1. The number of nitrogens with zero attached hydrogens (tertiary/aromatic N) is 5. The second-order valence-electron chi connectivity index (χ2n) is 6.76. The molecule has 1 fully saturated rings. The van der Waals surface area contributed by atoms with E-state index in [0.29, 0.717) is 11.9 Å². The van der Waals surface area contributed by atoms with Gasteiger partial charge in [-0.15, -0.1) is 0 Å². The Morgan fingerprint density at radius 3 is 2.44 bits per heavy atom. The third kappa shape index (κ3) is 5.35. The molecule has 0 saturated carbocycles. The molecule has 142 valence electrons. The van der Waals surface area contributed by atoms with Gasteiger partial charge < -0.3 is 10.2 Å². The fraction of sp³-hybridized carbons (Fsp3) is 0.750. The average molecular weight is 360 g/mol. The van der Waals surface area contributed by atoms with Gasteiger partial charge in [-0.1, -0.05) is 13.8 Å². The third-order valence-corrected chi connectivity index (χ3v) is 4.12. The first-order valence-corrected chi connectivity index (χ1v) is 8.48. The van der Waals surface area contributed by atoms with Gasteiger partial charge in [0.05, 0.1) is 0 Å². The van der Waals surface area contributed by atoms with Gasteiger partial charge in [0, 0.05) is 65.1 Å². The standard InChI is InChI=1S/C16H27F3N6/c1-12(2)10-24-5-7-25(8-6-24)15(20-3)21-9-13-11-23(4)22-14(13)16(17,18)19/h11-12H,5-10H2,1-4H3,(H,20,21). The van der Waals surface area contributed by atoms with Crippen LogP contribution in [0.5, 0.6) is 0 Å². The maximum absolute atomic E-state index is 13.0. The molecule has 9 heteroatoms. The minimum Gasteiger partial charge on any atom is -0.352 e. The van der Waals surface area contributed by atoms with Crippen LogP contribution >= 0.6 is 0 Å². The molecular formula is C16H27F3N6.